The number of rotatable bonds is 7. The fourth-order valence-corrected chi connectivity index (χ4v) is 8.57. The van der Waals surface area contributed by atoms with Gasteiger partial charge in [-0.05, 0) is 69.9 Å². The van der Waals surface area contributed by atoms with Gasteiger partial charge in [0.1, 0.15) is 28.9 Å². The molecule has 0 spiro atoms. The highest BCUT2D eigenvalue weighted by Crippen LogP contribution is 2.47. The second-order valence-electron chi connectivity index (χ2n) is 15.1. The van der Waals surface area contributed by atoms with Crippen LogP contribution >= 0.6 is 0 Å². The molecule has 1 saturated heterocycles. The number of fused-ring (bicyclic) bond motifs is 3. The van der Waals surface area contributed by atoms with Crippen LogP contribution in [0.3, 0.4) is 0 Å². The molecule has 1 unspecified atom stereocenters. The lowest BCUT2D eigenvalue weighted by atomic mass is 9.80. The van der Waals surface area contributed by atoms with Crippen molar-refractivity contribution in [1.29, 1.82) is 0 Å². The highest BCUT2D eigenvalue weighted by Gasteiger charge is 2.60. The van der Waals surface area contributed by atoms with E-state index in [2.05, 4.69) is 11.4 Å². The van der Waals surface area contributed by atoms with Gasteiger partial charge in [0, 0.05) is 60.3 Å². The molecule has 3 aromatic rings. The van der Waals surface area contributed by atoms with Crippen molar-refractivity contribution < 1.29 is 28.7 Å². The lowest BCUT2D eigenvalue weighted by molar-refractivity contribution is -0.140. The number of methoxy groups -OCH3 is 1. The Morgan fingerprint density at radius 2 is 1.73 bits per heavy atom. The van der Waals surface area contributed by atoms with Crippen molar-refractivity contribution in [2.75, 3.05) is 20.2 Å². The summed E-state index contributed by atoms with van der Waals surface area (Å²) in [5.41, 5.74) is 7.10. The van der Waals surface area contributed by atoms with Gasteiger partial charge in [-0.2, -0.15) is 0 Å². The summed E-state index contributed by atoms with van der Waals surface area (Å²) in [4.78, 5) is 62.2. The number of hydrogen-bond acceptors (Lipinski definition) is 7. The minimum absolute atomic E-state index is 0.0197. The summed E-state index contributed by atoms with van der Waals surface area (Å²) in [5, 5.41) is 3.81. The first-order chi connectivity index (χ1) is 25.3. The second-order valence-corrected chi connectivity index (χ2v) is 15.1. The molecule has 2 aliphatic heterocycles. The molecule has 4 aliphatic rings. The highest BCUT2D eigenvalue weighted by atomic mass is 16.5. The van der Waals surface area contributed by atoms with Crippen molar-refractivity contribution in [3.8, 4) is 22.8 Å². The number of likely N-dealkylation sites (tertiary alicyclic amines) is 1. The topological polar surface area (TPSA) is 141 Å². The Kier molecular flexibility index (Phi) is 10.6. The summed E-state index contributed by atoms with van der Waals surface area (Å²) in [7, 11) is 1.61. The summed E-state index contributed by atoms with van der Waals surface area (Å²) >= 11 is 0. The number of hydrogen-bond donors (Lipinski definition) is 2. The van der Waals surface area contributed by atoms with Crippen LogP contribution in [0.4, 0.5) is 0 Å². The number of nitrogens with two attached hydrogens (primary N) is 1. The number of carbonyl (C=O) groups is 4. The van der Waals surface area contributed by atoms with Crippen LogP contribution in [0.1, 0.15) is 77.0 Å². The number of aromatic nitrogens is 1. The summed E-state index contributed by atoms with van der Waals surface area (Å²) in [6.07, 6.45) is 12.0. The van der Waals surface area contributed by atoms with Gasteiger partial charge in [0.25, 0.3) is 0 Å². The van der Waals surface area contributed by atoms with E-state index in [0.717, 1.165) is 74.7 Å². The Bertz CT molecular complexity index is 1840. The van der Waals surface area contributed by atoms with Gasteiger partial charge in [0.05, 0.1) is 24.2 Å². The predicted octanol–water partition coefficient (Wildman–Crippen LogP) is 6.15. The largest absolute Gasteiger partial charge is 0.497 e. The first-order valence-corrected chi connectivity index (χ1v) is 19.1. The molecule has 3 fully saturated rings. The quantitative estimate of drug-likeness (QED) is 0.281. The first kappa shape index (κ1) is 35.7. The van der Waals surface area contributed by atoms with Crippen LogP contribution in [0, 0.1) is 23.7 Å². The summed E-state index contributed by atoms with van der Waals surface area (Å²) in [6, 6.07) is 17.4. The number of primary amides is 1. The van der Waals surface area contributed by atoms with Crippen molar-refractivity contribution in [3.63, 3.8) is 0 Å². The Balaban J connectivity index is 1.21. The van der Waals surface area contributed by atoms with E-state index < -0.39 is 35.3 Å². The van der Waals surface area contributed by atoms with E-state index in [-0.39, 0.29) is 36.4 Å². The van der Waals surface area contributed by atoms with E-state index in [9.17, 15) is 19.2 Å². The number of benzene rings is 2. The zero-order chi connectivity index (χ0) is 36.2. The fourth-order valence-electron chi connectivity index (χ4n) is 8.57. The molecule has 7 rings (SSSR count). The summed E-state index contributed by atoms with van der Waals surface area (Å²) in [5.74, 6) is -1.77. The van der Waals surface area contributed by atoms with Crippen molar-refractivity contribution in [2.24, 2.45) is 29.4 Å². The molecule has 52 heavy (non-hydrogen) atoms. The van der Waals surface area contributed by atoms with Crippen LogP contribution in [0.15, 0.2) is 66.7 Å². The SMILES string of the molecule is COc1ccc2c(O[C@H]3CC4C(=O)[C@@H](CC(=O)N5CCCCC5)CCCCC/C=C\[C@H]5C[C@]5(C(N)=O)NC(=O)[C@@H]4C3)cc(-c3ccccc3)nc2c1. The highest BCUT2D eigenvalue weighted by molar-refractivity contribution is 5.98. The summed E-state index contributed by atoms with van der Waals surface area (Å²) < 4.78 is 12.3. The third-order valence-electron chi connectivity index (χ3n) is 11.7. The average Bonchev–Trinajstić information content (AvgIpc) is 3.70. The van der Waals surface area contributed by atoms with Gasteiger partial charge in [-0.25, -0.2) is 4.98 Å². The minimum atomic E-state index is -1.16. The number of nitrogens with one attached hydrogen (secondary N) is 1. The normalized spacial score (nSPS) is 28.8. The van der Waals surface area contributed by atoms with Crippen LogP contribution in [0.5, 0.6) is 11.5 Å². The maximum atomic E-state index is 14.7. The Labute approximate surface area is 305 Å². The smallest absolute Gasteiger partial charge is 0.243 e. The van der Waals surface area contributed by atoms with Crippen LogP contribution in [-0.4, -0.2) is 65.2 Å². The molecule has 6 atom stereocenters. The van der Waals surface area contributed by atoms with E-state index in [1.807, 2.05) is 65.6 Å². The number of ketones is 1. The molecular weight excluding hydrogens is 656 g/mol. The monoisotopic (exact) mass is 706 g/mol. The van der Waals surface area contributed by atoms with Gasteiger partial charge in [-0.3, -0.25) is 19.2 Å². The zero-order valence-corrected chi connectivity index (χ0v) is 30.1. The third-order valence-corrected chi connectivity index (χ3v) is 11.7. The van der Waals surface area contributed by atoms with Gasteiger partial charge in [0.2, 0.25) is 17.7 Å². The van der Waals surface area contributed by atoms with E-state index >= 15 is 0 Å². The number of carbonyl (C=O) groups excluding carboxylic acids is 4. The fraction of sp³-hybridized carbons (Fsp3) is 0.500. The average molecular weight is 707 g/mol. The number of piperidine rings is 1. The lowest BCUT2D eigenvalue weighted by Crippen LogP contribution is -2.51. The third kappa shape index (κ3) is 7.57. The molecule has 0 bridgehead atoms. The number of amides is 3. The molecule has 3 amide bonds. The molecule has 2 aromatic carbocycles. The molecule has 10 heteroatoms. The lowest BCUT2D eigenvalue weighted by Gasteiger charge is -2.29. The molecule has 10 nitrogen and oxygen atoms in total. The van der Waals surface area contributed by atoms with Gasteiger partial charge in [0.15, 0.2) is 0 Å². The number of allylic oxidation sites excluding steroid dienone is 1. The van der Waals surface area contributed by atoms with Gasteiger partial charge in [-0.15, -0.1) is 0 Å². The number of ether oxygens (including phenoxy) is 2. The zero-order valence-electron chi connectivity index (χ0n) is 30.1. The van der Waals surface area contributed by atoms with E-state index in [1.54, 1.807) is 7.11 Å². The molecule has 1 aromatic heterocycles. The molecule has 0 radical (unpaired) electrons. The minimum Gasteiger partial charge on any atom is -0.497 e. The Hall–Kier alpha value is -4.73. The predicted molar refractivity (Wildman–Crippen MR) is 198 cm³/mol. The standard InChI is InChI=1S/C42H50N4O6/c1-51-30-17-18-32-36(24-30)44-35(27-13-8-5-9-14-27)25-37(32)52-31-22-33-34(23-31)40(49)45-42(41(43)50)26-29(42)16-10-4-2-3-7-15-28(39(33)48)21-38(47)46-19-11-6-12-20-46/h5,8-10,13-14,16-18,24-25,28-29,31,33-34H,2-4,6-7,11-12,15,19-23,26H2,1H3,(H2,43,50)(H,45,49)/b16-10-/t28-,29+,31+,33?,34-,42+/m1/s1. The van der Waals surface area contributed by atoms with Gasteiger partial charge < -0.3 is 25.4 Å². The molecule has 274 valence electrons. The molecule has 2 aliphatic carbocycles. The maximum Gasteiger partial charge on any atom is 0.243 e. The van der Waals surface area contributed by atoms with Crippen LogP contribution in [0.25, 0.3) is 22.2 Å². The first-order valence-electron chi connectivity index (χ1n) is 19.1. The van der Waals surface area contributed by atoms with Crippen molar-refractivity contribution in [2.45, 2.75) is 88.7 Å². The van der Waals surface area contributed by atoms with Gasteiger partial charge in [-0.1, -0.05) is 55.3 Å². The molecule has 3 N–H and O–H groups in total. The number of pyridine rings is 1. The van der Waals surface area contributed by atoms with Crippen LogP contribution < -0.4 is 20.5 Å². The second kappa shape index (κ2) is 15.5. The molecule has 3 heterocycles. The van der Waals surface area contributed by atoms with E-state index in [0.29, 0.717) is 36.3 Å². The van der Waals surface area contributed by atoms with E-state index in [4.69, 9.17) is 20.2 Å². The van der Waals surface area contributed by atoms with Crippen molar-refractivity contribution >= 4 is 34.4 Å². The van der Waals surface area contributed by atoms with Crippen LogP contribution in [-0.2, 0) is 19.2 Å². The van der Waals surface area contributed by atoms with Crippen molar-refractivity contribution in [3.05, 3.63) is 66.7 Å². The van der Waals surface area contributed by atoms with Gasteiger partial charge >= 0.3 is 0 Å². The van der Waals surface area contributed by atoms with E-state index in [1.165, 1.54) is 0 Å². The van der Waals surface area contributed by atoms with Crippen LogP contribution in [0.2, 0.25) is 0 Å². The Morgan fingerprint density at radius 3 is 2.50 bits per heavy atom. The Morgan fingerprint density at radius 1 is 0.962 bits per heavy atom. The summed E-state index contributed by atoms with van der Waals surface area (Å²) in [6.45, 7) is 1.45. The maximum absolute atomic E-state index is 14.7. The number of Topliss-reactive ketones (excluding diaryl/α,β-unsaturated/α-hetero) is 1. The number of nitrogens with zero attached hydrogens (tertiary/aromatic N) is 2. The molecule has 2 saturated carbocycles. The van der Waals surface area contributed by atoms with Crippen molar-refractivity contribution in [1.82, 2.24) is 15.2 Å². The molecular formula is C42H50N4O6.